The van der Waals surface area contributed by atoms with E-state index in [0.717, 1.165) is 21.2 Å². The minimum atomic E-state index is -0.179. The molecule has 1 nitrogen and oxygen atoms in total. The van der Waals surface area contributed by atoms with E-state index in [9.17, 15) is 4.39 Å². The van der Waals surface area contributed by atoms with Crippen LogP contribution in [-0.2, 0) is 0 Å². The largest absolute Gasteiger partial charge is 0.309 e. The van der Waals surface area contributed by atoms with Crippen molar-refractivity contribution < 1.29 is 4.39 Å². The summed E-state index contributed by atoms with van der Waals surface area (Å²) in [7, 11) is 1.86. The Balaban J connectivity index is 2.55. The molecule has 0 aliphatic rings. The van der Waals surface area contributed by atoms with E-state index in [1.54, 1.807) is 6.07 Å². The maximum Gasteiger partial charge on any atom is 0.128 e. The standard InChI is InChI=1S/C16H17BrFN/c1-10-9-14(17)11(2)8-13(10)16(19-3)12-6-4-5-7-15(12)18/h4-9,16,19H,1-3H3. The van der Waals surface area contributed by atoms with E-state index in [1.165, 1.54) is 6.07 Å². The number of halogens is 2. The van der Waals surface area contributed by atoms with E-state index in [2.05, 4.69) is 33.4 Å². The molecule has 0 heterocycles. The SMILES string of the molecule is CNC(c1cc(C)c(Br)cc1C)c1ccccc1F. The molecule has 0 fully saturated rings. The average Bonchev–Trinajstić information content (AvgIpc) is 2.38. The van der Waals surface area contributed by atoms with Crippen molar-refractivity contribution in [3.05, 3.63) is 68.9 Å². The highest BCUT2D eigenvalue weighted by atomic mass is 79.9. The zero-order chi connectivity index (χ0) is 14.0. The molecule has 0 amide bonds. The maximum absolute atomic E-state index is 14.0. The average molecular weight is 322 g/mol. The van der Waals surface area contributed by atoms with Gasteiger partial charge in [0.1, 0.15) is 5.82 Å². The quantitative estimate of drug-likeness (QED) is 0.876. The van der Waals surface area contributed by atoms with Crippen LogP contribution in [0.15, 0.2) is 40.9 Å². The second kappa shape index (κ2) is 5.85. The summed E-state index contributed by atoms with van der Waals surface area (Å²) >= 11 is 3.53. The van der Waals surface area contributed by atoms with Gasteiger partial charge in [0, 0.05) is 10.0 Å². The van der Waals surface area contributed by atoms with Crippen LogP contribution in [0.4, 0.5) is 4.39 Å². The van der Waals surface area contributed by atoms with E-state index in [1.807, 2.05) is 33.0 Å². The molecule has 0 aliphatic heterocycles. The van der Waals surface area contributed by atoms with Gasteiger partial charge in [-0.15, -0.1) is 0 Å². The molecular weight excluding hydrogens is 305 g/mol. The first-order chi connectivity index (χ1) is 9.04. The monoisotopic (exact) mass is 321 g/mol. The molecule has 2 rings (SSSR count). The van der Waals surface area contributed by atoms with Crippen molar-refractivity contribution in [1.82, 2.24) is 5.32 Å². The molecular formula is C16H17BrFN. The zero-order valence-corrected chi connectivity index (χ0v) is 12.9. The maximum atomic E-state index is 14.0. The molecule has 1 atom stereocenters. The zero-order valence-electron chi connectivity index (χ0n) is 11.3. The summed E-state index contributed by atoms with van der Waals surface area (Å²) in [5.41, 5.74) is 4.07. The third kappa shape index (κ3) is 2.88. The van der Waals surface area contributed by atoms with Gasteiger partial charge in [-0.25, -0.2) is 4.39 Å². The van der Waals surface area contributed by atoms with E-state index < -0.39 is 0 Å². The minimum Gasteiger partial charge on any atom is -0.309 e. The van der Waals surface area contributed by atoms with Gasteiger partial charge >= 0.3 is 0 Å². The molecule has 1 unspecified atom stereocenters. The van der Waals surface area contributed by atoms with E-state index >= 15 is 0 Å². The highest BCUT2D eigenvalue weighted by Crippen LogP contribution is 2.30. The molecule has 100 valence electrons. The van der Waals surface area contributed by atoms with Crippen molar-refractivity contribution in [2.45, 2.75) is 19.9 Å². The Hall–Kier alpha value is -1.19. The predicted octanol–water partition coefficient (Wildman–Crippen LogP) is 4.51. The minimum absolute atomic E-state index is 0.131. The van der Waals surface area contributed by atoms with Gasteiger partial charge < -0.3 is 5.32 Å². The third-order valence-corrected chi connectivity index (χ3v) is 4.22. The van der Waals surface area contributed by atoms with Crippen LogP contribution in [0.25, 0.3) is 0 Å². The topological polar surface area (TPSA) is 12.0 Å². The van der Waals surface area contributed by atoms with Crippen LogP contribution in [0.5, 0.6) is 0 Å². The number of hydrogen-bond acceptors (Lipinski definition) is 1. The second-order valence-corrected chi connectivity index (χ2v) is 5.56. The van der Waals surface area contributed by atoms with Gasteiger partial charge in [-0.2, -0.15) is 0 Å². The van der Waals surface area contributed by atoms with Crippen LogP contribution in [0, 0.1) is 19.7 Å². The first-order valence-electron chi connectivity index (χ1n) is 6.23. The van der Waals surface area contributed by atoms with Crippen LogP contribution in [-0.4, -0.2) is 7.05 Å². The van der Waals surface area contributed by atoms with Crippen molar-refractivity contribution in [3.8, 4) is 0 Å². The van der Waals surface area contributed by atoms with Crippen LogP contribution in [0.1, 0.15) is 28.3 Å². The van der Waals surface area contributed by atoms with Crippen LogP contribution in [0.2, 0.25) is 0 Å². The van der Waals surface area contributed by atoms with Gasteiger partial charge in [0.05, 0.1) is 6.04 Å². The molecule has 3 heteroatoms. The summed E-state index contributed by atoms with van der Waals surface area (Å²) in [4.78, 5) is 0. The molecule has 0 aliphatic carbocycles. The van der Waals surface area contributed by atoms with Gasteiger partial charge in [-0.3, -0.25) is 0 Å². The van der Waals surface area contributed by atoms with E-state index in [-0.39, 0.29) is 11.9 Å². The number of benzene rings is 2. The van der Waals surface area contributed by atoms with E-state index in [0.29, 0.717) is 5.56 Å². The Labute approximate surface area is 122 Å². The Bertz CT molecular complexity index is 595. The molecule has 0 aromatic heterocycles. The van der Waals surface area contributed by atoms with Crippen LogP contribution >= 0.6 is 15.9 Å². The Morgan fingerprint density at radius 1 is 1.05 bits per heavy atom. The molecule has 1 N–H and O–H groups in total. The molecule has 0 radical (unpaired) electrons. The summed E-state index contributed by atoms with van der Waals surface area (Å²) in [6.45, 7) is 4.09. The van der Waals surface area contributed by atoms with Gasteiger partial charge in [0.2, 0.25) is 0 Å². The number of hydrogen-bond donors (Lipinski definition) is 1. The second-order valence-electron chi connectivity index (χ2n) is 4.70. The van der Waals surface area contributed by atoms with Crippen molar-refractivity contribution in [1.29, 1.82) is 0 Å². The number of aryl methyl sites for hydroxylation is 2. The summed E-state index contributed by atoms with van der Waals surface area (Å²) in [5.74, 6) is -0.179. The number of nitrogens with one attached hydrogen (secondary N) is 1. The van der Waals surface area contributed by atoms with Gasteiger partial charge in [0.15, 0.2) is 0 Å². The highest BCUT2D eigenvalue weighted by molar-refractivity contribution is 9.10. The van der Waals surface area contributed by atoms with Crippen LogP contribution in [0.3, 0.4) is 0 Å². The van der Waals surface area contributed by atoms with Gasteiger partial charge in [-0.1, -0.05) is 40.2 Å². The van der Waals surface area contributed by atoms with Crippen molar-refractivity contribution in [2.24, 2.45) is 0 Å². The van der Waals surface area contributed by atoms with Crippen molar-refractivity contribution in [3.63, 3.8) is 0 Å². The molecule has 0 bridgehead atoms. The molecule has 2 aromatic carbocycles. The fraction of sp³-hybridized carbons (Fsp3) is 0.250. The predicted molar refractivity (Wildman–Crippen MR) is 80.9 cm³/mol. The van der Waals surface area contributed by atoms with Gasteiger partial charge in [-0.05, 0) is 49.7 Å². The summed E-state index contributed by atoms with van der Waals surface area (Å²) in [5, 5.41) is 3.21. The Morgan fingerprint density at radius 3 is 2.37 bits per heavy atom. The Morgan fingerprint density at radius 2 is 1.74 bits per heavy atom. The first-order valence-corrected chi connectivity index (χ1v) is 7.02. The third-order valence-electron chi connectivity index (χ3n) is 3.36. The molecule has 0 saturated carbocycles. The lowest BCUT2D eigenvalue weighted by molar-refractivity contribution is 0.575. The molecule has 19 heavy (non-hydrogen) atoms. The fourth-order valence-corrected chi connectivity index (χ4v) is 2.76. The van der Waals surface area contributed by atoms with Crippen molar-refractivity contribution in [2.75, 3.05) is 7.05 Å². The molecule has 0 spiro atoms. The summed E-state index contributed by atoms with van der Waals surface area (Å²) in [6.07, 6.45) is 0. The molecule has 2 aromatic rings. The van der Waals surface area contributed by atoms with Crippen LogP contribution < -0.4 is 5.32 Å². The van der Waals surface area contributed by atoms with Gasteiger partial charge in [0.25, 0.3) is 0 Å². The molecule has 0 saturated heterocycles. The lowest BCUT2D eigenvalue weighted by Gasteiger charge is -2.21. The lowest BCUT2D eigenvalue weighted by Crippen LogP contribution is -2.20. The van der Waals surface area contributed by atoms with Crippen molar-refractivity contribution >= 4 is 15.9 Å². The highest BCUT2D eigenvalue weighted by Gasteiger charge is 2.18. The van der Waals surface area contributed by atoms with E-state index in [4.69, 9.17) is 0 Å². The fourth-order valence-electron chi connectivity index (χ4n) is 2.30. The Kier molecular flexibility index (Phi) is 4.38. The normalized spacial score (nSPS) is 12.5. The first kappa shape index (κ1) is 14.2. The smallest absolute Gasteiger partial charge is 0.128 e. The number of rotatable bonds is 3. The summed E-state index contributed by atoms with van der Waals surface area (Å²) in [6, 6.07) is 11.0. The summed E-state index contributed by atoms with van der Waals surface area (Å²) < 4.78 is 15.1. The lowest BCUT2D eigenvalue weighted by atomic mass is 9.93.